The number of carbonyl (C=O) groups excluding carboxylic acids is 1. The van der Waals surface area contributed by atoms with Crippen molar-refractivity contribution in [1.82, 2.24) is 5.32 Å². The van der Waals surface area contributed by atoms with Gasteiger partial charge >= 0.3 is 12.1 Å². The second-order valence-corrected chi connectivity index (χ2v) is 3.80. The van der Waals surface area contributed by atoms with Crippen LogP contribution < -0.4 is 5.32 Å². The Balaban J connectivity index is 4.29. The summed E-state index contributed by atoms with van der Waals surface area (Å²) in [6.45, 7) is 7.06. The fraction of sp³-hybridized carbons (Fsp3) is 0.800. The first-order valence-electron chi connectivity index (χ1n) is 5.08. The van der Waals surface area contributed by atoms with Gasteiger partial charge in [0.1, 0.15) is 6.04 Å². The van der Waals surface area contributed by atoms with Gasteiger partial charge < -0.3 is 15.2 Å². The minimum absolute atomic E-state index is 0.123. The van der Waals surface area contributed by atoms with Crippen molar-refractivity contribution in [3.05, 3.63) is 0 Å². The first-order valence-corrected chi connectivity index (χ1v) is 5.08. The van der Waals surface area contributed by atoms with E-state index in [1.54, 1.807) is 20.8 Å². The van der Waals surface area contributed by atoms with Crippen LogP contribution in [0.25, 0.3) is 0 Å². The predicted molar refractivity (Wildman–Crippen MR) is 55.6 cm³/mol. The molecule has 0 saturated heterocycles. The van der Waals surface area contributed by atoms with E-state index in [2.05, 4.69) is 5.32 Å². The molecule has 0 spiro atoms. The second kappa shape index (κ2) is 6.27. The molecule has 88 valence electrons. The lowest BCUT2D eigenvalue weighted by atomic mass is 10.00. The Morgan fingerprint density at radius 1 is 1.33 bits per heavy atom. The largest absolute Gasteiger partial charge is 0.480 e. The van der Waals surface area contributed by atoms with Gasteiger partial charge in [0, 0.05) is 0 Å². The van der Waals surface area contributed by atoms with Gasteiger partial charge in [-0.25, -0.2) is 9.59 Å². The van der Waals surface area contributed by atoms with Crippen LogP contribution in [0.3, 0.4) is 0 Å². The molecule has 0 saturated carbocycles. The molecular weight excluding hydrogens is 198 g/mol. The summed E-state index contributed by atoms with van der Waals surface area (Å²) in [5.74, 6) is -1.16. The SMILES string of the molecule is CC[C@H](C)[C@H](NC(=O)OC(C)C)C(=O)O. The van der Waals surface area contributed by atoms with Crippen molar-refractivity contribution in [2.75, 3.05) is 0 Å². The van der Waals surface area contributed by atoms with Gasteiger partial charge in [-0.2, -0.15) is 0 Å². The molecule has 0 aromatic carbocycles. The summed E-state index contributed by atoms with van der Waals surface area (Å²) in [5.41, 5.74) is 0. The van der Waals surface area contributed by atoms with Crippen molar-refractivity contribution in [2.24, 2.45) is 5.92 Å². The molecule has 0 aromatic rings. The molecule has 0 rings (SSSR count). The lowest BCUT2D eigenvalue weighted by molar-refractivity contribution is -0.140. The number of aliphatic carboxylic acids is 1. The average Bonchev–Trinajstić information content (AvgIpc) is 2.11. The number of amides is 1. The van der Waals surface area contributed by atoms with Crippen LogP contribution in [0.1, 0.15) is 34.1 Å². The lowest BCUT2D eigenvalue weighted by Gasteiger charge is -2.20. The molecule has 15 heavy (non-hydrogen) atoms. The summed E-state index contributed by atoms with van der Waals surface area (Å²) in [4.78, 5) is 22.0. The van der Waals surface area contributed by atoms with E-state index in [9.17, 15) is 9.59 Å². The monoisotopic (exact) mass is 217 g/mol. The lowest BCUT2D eigenvalue weighted by Crippen LogP contribution is -2.45. The molecule has 0 radical (unpaired) electrons. The van der Waals surface area contributed by atoms with E-state index in [1.165, 1.54) is 0 Å². The summed E-state index contributed by atoms with van der Waals surface area (Å²) in [6, 6.07) is -0.888. The third-order valence-electron chi connectivity index (χ3n) is 2.10. The first-order chi connectivity index (χ1) is 6.88. The zero-order valence-electron chi connectivity index (χ0n) is 9.61. The Labute approximate surface area is 89.8 Å². The van der Waals surface area contributed by atoms with E-state index in [0.29, 0.717) is 6.42 Å². The minimum Gasteiger partial charge on any atom is -0.480 e. The van der Waals surface area contributed by atoms with E-state index in [0.717, 1.165) is 0 Å². The van der Waals surface area contributed by atoms with Crippen molar-refractivity contribution in [3.8, 4) is 0 Å². The van der Waals surface area contributed by atoms with Crippen LogP contribution >= 0.6 is 0 Å². The summed E-state index contributed by atoms with van der Waals surface area (Å²) < 4.78 is 4.81. The van der Waals surface area contributed by atoms with Gasteiger partial charge in [-0.3, -0.25) is 0 Å². The highest BCUT2D eigenvalue weighted by atomic mass is 16.6. The summed E-state index contributed by atoms with van der Waals surface area (Å²) in [5, 5.41) is 11.2. The number of hydrogen-bond acceptors (Lipinski definition) is 3. The third-order valence-corrected chi connectivity index (χ3v) is 2.10. The minimum atomic E-state index is -1.04. The average molecular weight is 217 g/mol. The molecule has 2 N–H and O–H groups in total. The van der Waals surface area contributed by atoms with Gasteiger partial charge in [0.15, 0.2) is 0 Å². The molecule has 5 heteroatoms. The van der Waals surface area contributed by atoms with Crippen molar-refractivity contribution >= 4 is 12.1 Å². The van der Waals surface area contributed by atoms with E-state index in [1.807, 2.05) is 6.92 Å². The topological polar surface area (TPSA) is 75.6 Å². The van der Waals surface area contributed by atoms with Crippen LogP contribution in [0.2, 0.25) is 0 Å². The van der Waals surface area contributed by atoms with Gasteiger partial charge in [-0.15, -0.1) is 0 Å². The van der Waals surface area contributed by atoms with Crippen LogP contribution in [-0.2, 0) is 9.53 Å². The number of carboxylic acids is 1. The van der Waals surface area contributed by atoms with Crippen LogP contribution in [0, 0.1) is 5.92 Å². The Bertz CT molecular complexity index is 227. The Kier molecular flexibility index (Phi) is 5.74. The highest BCUT2D eigenvalue weighted by Crippen LogP contribution is 2.08. The number of alkyl carbamates (subject to hydrolysis) is 1. The second-order valence-electron chi connectivity index (χ2n) is 3.80. The predicted octanol–water partition coefficient (Wildman–Crippen LogP) is 1.62. The summed E-state index contributed by atoms with van der Waals surface area (Å²) >= 11 is 0. The Hall–Kier alpha value is -1.26. The zero-order valence-corrected chi connectivity index (χ0v) is 9.61. The Morgan fingerprint density at radius 3 is 2.20 bits per heavy atom. The van der Waals surface area contributed by atoms with Gasteiger partial charge in [-0.05, 0) is 19.8 Å². The third kappa shape index (κ3) is 5.24. The molecule has 0 aromatic heterocycles. The van der Waals surface area contributed by atoms with Crippen molar-refractivity contribution < 1.29 is 19.4 Å². The Morgan fingerprint density at radius 2 is 1.87 bits per heavy atom. The molecule has 0 fully saturated rings. The normalized spacial score (nSPS) is 14.5. The molecule has 0 heterocycles. The maximum atomic E-state index is 11.2. The molecule has 5 nitrogen and oxygen atoms in total. The highest BCUT2D eigenvalue weighted by Gasteiger charge is 2.25. The van der Waals surface area contributed by atoms with Crippen LogP contribution in [0.5, 0.6) is 0 Å². The van der Waals surface area contributed by atoms with Crippen molar-refractivity contribution in [3.63, 3.8) is 0 Å². The summed E-state index contributed by atoms with van der Waals surface area (Å²) in [6.07, 6.45) is -0.257. The fourth-order valence-electron chi connectivity index (χ4n) is 1.06. The number of ether oxygens (including phenoxy) is 1. The molecule has 1 amide bonds. The molecule has 2 atom stereocenters. The van der Waals surface area contributed by atoms with Gasteiger partial charge in [0.05, 0.1) is 6.10 Å². The van der Waals surface area contributed by atoms with Crippen LogP contribution in [0.4, 0.5) is 4.79 Å². The van der Waals surface area contributed by atoms with E-state index in [4.69, 9.17) is 9.84 Å². The van der Waals surface area contributed by atoms with Crippen LogP contribution in [0.15, 0.2) is 0 Å². The maximum absolute atomic E-state index is 11.2. The number of carbonyl (C=O) groups is 2. The van der Waals surface area contributed by atoms with Crippen molar-refractivity contribution in [1.29, 1.82) is 0 Å². The van der Waals surface area contributed by atoms with E-state index < -0.39 is 18.1 Å². The quantitative estimate of drug-likeness (QED) is 0.733. The van der Waals surface area contributed by atoms with Gasteiger partial charge in [-0.1, -0.05) is 20.3 Å². The molecule has 0 aliphatic rings. The highest BCUT2D eigenvalue weighted by molar-refractivity contribution is 5.80. The van der Waals surface area contributed by atoms with Gasteiger partial charge in [0.2, 0.25) is 0 Å². The standard InChI is InChI=1S/C10H19NO4/c1-5-7(4)8(9(12)13)11-10(14)15-6(2)3/h6-8H,5H2,1-4H3,(H,11,14)(H,12,13)/t7-,8-/m0/s1. The van der Waals surface area contributed by atoms with E-state index >= 15 is 0 Å². The number of rotatable bonds is 5. The smallest absolute Gasteiger partial charge is 0.408 e. The number of hydrogen-bond donors (Lipinski definition) is 2. The first kappa shape index (κ1) is 13.7. The van der Waals surface area contributed by atoms with E-state index in [-0.39, 0.29) is 12.0 Å². The molecule has 0 bridgehead atoms. The maximum Gasteiger partial charge on any atom is 0.408 e. The van der Waals surface area contributed by atoms with Crippen molar-refractivity contribution in [2.45, 2.75) is 46.3 Å². The number of nitrogens with one attached hydrogen (secondary N) is 1. The molecule has 0 aliphatic carbocycles. The summed E-state index contributed by atoms with van der Waals surface area (Å²) in [7, 11) is 0. The van der Waals surface area contributed by atoms with Gasteiger partial charge in [0.25, 0.3) is 0 Å². The number of carboxylic acid groups (broad SMARTS) is 1. The van der Waals surface area contributed by atoms with Crippen LogP contribution in [-0.4, -0.2) is 29.3 Å². The molecular formula is C10H19NO4. The molecule has 0 unspecified atom stereocenters. The molecule has 0 aliphatic heterocycles. The zero-order chi connectivity index (χ0) is 12.0. The fourth-order valence-corrected chi connectivity index (χ4v) is 1.06.